The molecular weight excluding hydrogens is 428 g/mol. The van der Waals surface area contributed by atoms with E-state index >= 15 is 0 Å². The third-order valence-corrected chi connectivity index (χ3v) is 7.33. The van der Waals surface area contributed by atoms with E-state index in [9.17, 15) is 14.4 Å². The molecule has 168 valence electrons. The van der Waals surface area contributed by atoms with E-state index in [1.807, 2.05) is 5.38 Å². The van der Waals surface area contributed by atoms with Crippen molar-refractivity contribution in [3.05, 3.63) is 51.2 Å². The molecule has 2 N–H and O–H groups in total. The summed E-state index contributed by atoms with van der Waals surface area (Å²) >= 11 is 1.57. The summed E-state index contributed by atoms with van der Waals surface area (Å²) in [6, 6.07) is 7.89. The molecule has 0 unspecified atom stereocenters. The number of fused-ring (bicyclic) bond motifs is 1. The summed E-state index contributed by atoms with van der Waals surface area (Å²) in [5, 5.41) is 7.68. The van der Waals surface area contributed by atoms with E-state index in [-0.39, 0.29) is 24.1 Å². The monoisotopic (exact) mass is 454 g/mol. The number of imide groups is 1. The van der Waals surface area contributed by atoms with Gasteiger partial charge in [0.2, 0.25) is 11.8 Å². The van der Waals surface area contributed by atoms with Crippen molar-refractivity contribution in [3.63, 3.8) is 0 Å². The van der Waals surface area contributed by atoms with Crippen LogP contribution in [-0.2, 0) is 34.0 Å². The first kappa shape index (κ1) is 21.1. The van der Waals surface area contributed by atoms with E-state index in [1.165, 1.54) is 5.56 Å². The molecule has 0 spiro atoms. The van der Waals surface area contributed by atoms with Gasteiger partial charge >= 0.3 is 0 Å². The first-order valence-corrected chi connectivity index (χ1v) is 11.8. The van der Waals surface area contributed by atoms with Crippen molar-refractivity contribution >= 4 is 34.7 Å². The van der Waals surface area contributed by atoms with Gasteiger partial charge in [-0.15, -0.1) is 11.3 Å². The van der Waals surface area contributed by atoms with Crippen LogP contribution in [0.1, 0.15) is 39.2 Å². The van der Waals surface area contributed by atoms with Crippen LogP contribution in [0.25, 0.3) is 0 Å². The van der Waals surface area contributed by atoms with Gasteiger partial charge in [0.05, 0.1) is 18.8 Å². The van der Waals surface area contributed by atoms with Crippen molar-refractivity contribution in [3.8, 4) is 0 Å². The second-order valence-electron chi connectivity index (χ2n) is 8.39. The molecule has 2 aromatic rings. The van der Waals surface area contributed by atoms with Gasteiger partial charge in [-0.3, -0.25) is 24.6 Å². The lowest BCUT2D eigenvalue weighted by molar-refractivity contribution is -0.136. The van der Waals surface area contributed by atoms with Gasteiger partial charge in [0.1, 0.15) is 6.04 Å². The fourth-order valence-electron chi connectivity index (χ4n) is 4.48. The lowest BCUT2D eigenvalue weighted by Crippen LogP contribution is -2.52. The number of thiophene rings is 1. The number of anilines is 1. The summed E-state index contributed by atoms with van der Waals surface area (Å²) in [5.74, 6) is -0.766. The third-order valence-electron chi connectivity index (χ3n) is 6.30. The molecule has 3 aliphatic heterocycles. The van der Waals surface area contributed by atoms with Gasteiger partial charge in [0.25, 0.3) is 5.91 Å². The SMILES string of the molecule is O=C1CC[C@H](N2Cc3c(csc3CNc3ccc(CN4CCOCC4)cc3)C2=O)C(=O)N1. The van der Waals surface area contributed by atoms with Crippen LogP contribution in [0.4, 0.5) is 5.69 Å². The Morgan fingerprint density at radius 2 is 1.91 bits per heavy atom. The van der Waals surface area contributed by atoms with Gasteiger partial charge in [0, 0.05) is 55.1 Å². The molecule has 3 aliphatic rings. The molecule has 2 saturated heterocycles. The maximum atomic E-state index is 12.8. The molecule has 1 aromatic heterocycles. The highest BCUT2D eigenvalue weighted by Gasteiger charge is 2.40. The summed E-state index contributed by atoms with van der Waals surface area (Å²) in [4.78, 5) is 41.6. The summed E-state index contributed by atoms with van der Waals surface area (Å²) in [6.07, 6.45) is 0.650. The number of hydrogen-bond acceptors (Lipinski definition) is 7. The van der Waals surface area contributed by atoms with E-state index in [0.29, 0.717) is 25.1 Å². The average molecular weight is 455 g/mol. The van der Waals surface area contributed by atoms with Crippen molar-refractivity contribution in [2.24, 2.45) is 0 Å². The van der Waals surface area contributed by atoms with E-state index in [1.54, 1.807) is 16.2 Å². The van der Waals surface area contributed by atoms with Crippen LogP contribution in [0.2, 0.25) is 0 Å². The predicted octanol–water partition coefficient (Wildman–Crippen LogP) is 1.95. The molecule has 3 amide bonds. The molecule has 4 heterocycles. The number of piperidine rings is 1. The Balaban J connectivity index is 1.19. The lowest BCUT2D eigenvalue weighted by atomic mass is 10.0. The number of morpholine rings is 1. The maximum Gasteiger partial charge on any atom is 0.256 e. The van der Waals surface area contributed by atoms with Crippen molar-refractivity contribution in [1.29, 1.82) is 0 Å². The smallest absolute Gasteiger partial charge is 0.256 e. The van der Waals surface area contributed by atoms with E-state index in [2.05, 4.69) is 39.8 Å². The summed E-state index contributed by atoms with van der Waals surface area (Å²) in [7, 11) is 0. The minimum atomic E-state index is -0.572. The Morgan fingerprint density at radius 3 is 2.66 bits per heavy atom. The van der Waals surface area contributed by atoms with Crippen LogP contribution in [0.15, 0.2) is 29.6 Å². The number of amides is 3. The quantitative estimate of drug-likeness (QED) is 0.649. The number of ether oxygens (including phenoxy) is 1. The standard InChI is InChI=1S/C23H26N4O4S/c28-21-6-5-19(22(29)25-21)27-13-17-18(23(27)30)14-32-20(17)11-24-16-3-1-15(2-4-16)12-26-7-9-31-10-8-26/h1-4,14,19,24H,5-13H2,(H,25,28,29)/t19-/m0/s1. The molecule has 5 rings (SSSR count). The zero-order valence-corrected chi connectivity index (χ0v) is 18.6. The molecule has 0 saturated carbocycles. The number of nitrogens with one attached hydrogen (secondary N) is 2. The van der Waals surface area contributed by atoms with E-state index < -0.39 is 6.04 Å². The van der Waals surface area contributed by atoms with Gasteiger partial charge in [-0.1, -0.05) is 12.1 Å². The number of nitrogens with zero attached hydrogens (tertiary/aromatic N) is 2. The van der Waals surface area contributed by atoms with E-state index in [4.69, 9.17) is 4.74 Å². The van der Waals surface area contributed by atoms with Gasteiger partial charge in [-0.25, -0.2) is 0 Å². The van der Waals surface area contributed by atoms with Crippen LogP contribution >= 0.6 is 11.3 Å². The molecule has 0 bridgehead atoms. The first-order valence-electron chi connectivity index (χ1n) is 11.0. The van der Waals surface area contributed by atoms with Crippen molar-refractivity contribution in [1.82, 2.24) is 15.1 Å². The van der Waals surface area contributed by atoms with Crippen LogP contribution in [0, 0.1) is 0 Å². The Labute approximate surface area is 190 Å². The Bertz CT molecular complexity index is 1030. The lowest BCUT2D eigenvalue weighted by Gasteiger charge is -2.29. The fraction of sp³-hybridized carbons (Fsp3) is 0.435. The minimum absolute atomic E-state index is 0.121. The third kappa shape index (κ3) is 4.28. The molecule has 32 heavy (non-hydrogen) atoms. The summed E-state index contributed by atoms with van der Waals surface area (Å²) in [5.41, 5.74) is 3.97. The van der Waals surface area contributed by atoms with Gasteiger partial charge in [-0.2, -0.15) is 0 Å². The largest absolute Gasteiger partial charge is 0.380 e. The summed E-state index contributed by atoms with van der Waals surface area (Å²) in [6.45, 7) is 5.51. The topological polar surface area (TPSA) is 91.0 Å². The Hall–Kier alpha value is -2.75. The highest BCUT2D eigenvalue weighted by Crippen LogP contribution is 2.34. The number of hydrogen-bond donors (Lipinski definition) is 2. The number of carbonyl (C=O) groups excluding carboxylic acids is 3. The molecule has 0 aliphatic carbocycles. The van der Waals surface area contributed by atoms with Gasteiger partial charge in [-0.05, 0) is 29.7 Å². The van der Waals surface area contributed by atoms with E-state index in [0.717, 1.165) is 49.0 Å². The van der Waals surface area contributed by atoms with Crippen LogP contribution < -0.4 is 10.6 Å². The number of benzene rings is 1. The molecule has 2 fully saturated rings. The van der Waals surface area contributed by atoms with Gasteiger partial charge < -0.3 is 15.0 Å². The second-order valence-corrected chi connectivity index (χ2v) is 9.35. The molecule has 1 atom stereocenters. The summed E-state index contributed by atoms with van der Waals surface area (Å²) < 4.78 is 5.40. The highest BCUT2D eigenvalue weighted by molar-refractivity contribution is 7.10. The Kier molecular flexibility index (Phi) is 5.95. The molecule has 8 nitrogen and oxygen atoms in total. The maximum absolute atomic E-state index is 12.8. The van der Waals surface area contributed by atoms with Crippen LogP contribution in [0.3, 0.4) is 0 Å². The highest BCUT2D eigenvalue weighted by atomic mass is 32.1. The van der Waals surface area contributed by atoms with Crippen molar-refractivity contribution in [2.75, 3.05) is 31.6 Å². The Morgan fingerprint density at radius 1 is 1.12 bits per heavy atom. The minimum Gasteiger partial charge on any atom is -0.380 e. The fourth-order valence-corrected chi connectivity index (χ4v) is 5.46. The average Bonchev–Trinajstić information content (AvgIpc) is 3.34. The molecule has 0 radical (unpaired) electrons. The van der Waals surface area contributed by atoms with Crippen LogP contribution in [0.5, 0.6) is 0 Å². The zero-order chi connectivity index (χ0) is 22.1. The van der Waals surface area contributed by atoms with Gasteiger partial charge in [0.15, 0.2) is 0 Å². The first-order chi connectivity index (χ1) is 15.6. The second kappa shape index (κ2) is 9.01. The zero-order valence-electron chi connectivity index (χ0n) is 17.8. The molecular formula is C23H26N4O4S. The van der Waals surface area contributed by atoms with Crippen molar-refractivity contribution in [2.45, 2.75) is 38.5 Å². The number of rotatable bonds is 6. The number of carbonyl (C=O) groups is 3. The molecule has 9 heteroatoms. The molecule has 1 aromatic carbocycles. The van der Waals surface area contributed by atoms with Crippen LogP contribution in [-0.4, -0.2) is 59.9 Å². The predicted molar refractivity (Wildman–Crippen MR) is 120 cm³/mol. The normalized spacial score (nSPS) is 21.6. The van der Waals surface area contributed by atoms with Crippen molar-refractivity contribution < 1.29 is 19.1 Å².